The van der Waals surface area contributed by atoms with Gasteiger partial charge in [-0.15, -0.1) is 0 Å². The summed E-state index contributed by atoms with van der Waals surface area (Å²) in [7, 11) is 0. The van der Waals surface area contributed by atoms with Crippen LogP contribution in [0.3, 0.4) is 0 Å². The van der Waals surface area contributed by atoms with Crippen LogP contribution in [0.25, 0.3) is 0 Å². The van der Waals surface area contributed by atoms with Gasteiger partial charge in [0.15, 0.2) is 0 Å². The van der Waals surface area contributed by atoms with E-state index >= 15 is 0 Å². The highest BCUT2D eigenvalue weighted by molar-refractivity contribution is 5.97. The van der Waals surface area contributed by atoms with Gasteiger partial charge < -0.3 is 48.3 Å². The van der Waals surface area contributed by atoms with E-state index in [4.69, 9.17) is 22.3 Å². The standard InChI is InChI=1S/C19H28N8O9/c20-9(4-13(21)28)16(32)26-12(5-14(22)29)18(34)27-11(3-8-6-23-7-24-8)17(33)25-10(19(35)36)1-2-15(30)31/h6-7,9-12H,1-5,20H2,(H2,21,28)(H2,22,29)(H,23,24)(H,25,33)(H,26,32)(H,27,34)(H,30,31)(H,35,36). The molecule has 1 rings (SSSR count). The van der Waals surface area contributed by atoms with Crippen molar-refractivity contribution in [3.63, 3.8) is 0 Å². The van der Waals surface area contributed by atoms with Gasteiger partial charge in [-0.05, 0) is 6.42 Å². The molecule has 36 heavy (non-hydrogen) atoms. The molecule has 4 atom stereocenters. The molecule has 0 fully saturated rings. The summed E-state index contributed by atoms with van der Waals surface area (Å²) in [6.07, 6.45) is 0.171. The number of H-pyrrole nitrogens is 1. The Bertz CT molecular complexity index is 982. The summed E-state index contributed by atoms with van der Waals surface area (Å²) >= 11 is 0. The van der Waals surface area contributed by atoms with Crippen LogP contribution in [0.5, 0.6) is 0 Å². The van der Waals surface area contributed by atoms with Crippen LogP contribution in [0, 0.1) is 0 Å². The number of nitrogens with zero attached hydrogens (tertiary/aromatic N) is 1. The first-order chi connectivity index (χ1) is 16.8. The summed E-state index contributed by atoms with van der Waals surface area (Å²) in [5.41, 5.74) is 16.0. The Kier molecular flexibility index (Phi) is 11.5. The SMILES string of the molecule is NC(=O)CC(N)C(=O)NC(CC(N)=O)C(=O)NC(Cc1cnc[nH]1)C(=O)NC(CCC(=O)O)C(=O)O. The molecule has 4 unspecified atom stereocenters. The van der Waals surface area contributed by atoms with Gasteiger partial charge in [-0.25, -0.2) is 9.78 Å². The summed E-state index contributed by atoms with van der Waals surface area (Å²) in [5, 5.41) is 24.7. The Hall–Kier alpha value is -4.54. The monoisotopic (exact) mass is 512 g/mol. The van der Waals surface area contributed by atoms with E-state index in [0.29, 0.717) is 5.69 Å². The van der Waals surface area contributed by atoms with Gasteiger partial charge in [-0.1, -0.05) is 0 Å². The number of rotatable bonds is 16. The summed E-state index contributed by atoms with van der Waals surface area (Å²) in [4.78, 5) is 89.1. The van der Waals surface area contributed by atoms with Gasteiger partial charge >= 0.3 is 11.9 Å². The highest BCUT2D eigenvalue weighted by Crippen LogP contribution is 2.05. The van der Waals surface area contributed by atoms with Gasteiger partial charge in [0.05, 0.1) is 25.2 Å². The number of nitrogens with one attached hydrogen (secondary N) is 4. The maximum absolute atomic E-state index is 12.9. The van der Waals surface area contributed by atoms with Gasteiger partial charge in [0.2, 0.25) is 29.5 Å². The van der Waals surface area contributed by atoms with E-state index in [1.807, 2.05) is 0 Å². The molecule has 0 saturated heterocycles. The molecule has 0 aliphatic carbocycles. The van der Waals surface area contributed by atoms with E-state index < -0.39 is 91.3 Å². The number of aromatic nitrogens is 2. The van der Waals surface area contributed by atoms with E-state index in [1.54, 1.807) is 0 Å². The Labute approximate surface area is 203 Å². The van der Waals surface area contributed by atoms with Crippen LogP contribution in [0.2, 0.25) is 0 Å². The summed E-state index contributed by atoms with van der Waals surface area (Å²) < 4.78 is 0. The van der Waals surface area contributed by atoms with Gasteiger partial charge in [0.25, 0.3) is 0 Å². The van der Waals surface area contributed by atoms with Crippen molar-refractivity contribution in [3.05, 3.63) is 18.2 Å². The number of nitrogens with two attached hydrogens (primary N) is 3. The molecule has 5 amide bonds. The van der Waals surface area contributed by atoms with Gasteiger partial charge in [-0.3, -0.25) is 28.8 Å². The fourth-order valence-corrected chi connectivity index (χ4v) is 2.89. The summed E-state index contributed by atoms with van der Waals surface area (Å²) in [6, 6.07) is -6.06. The van der Waals surface area contributed by atoms with Crippen LogP contribution in [0.15, 0.2) is 12.5 Å². The number of hydrogen-bond acceptors (Lipinski definition) is 9. The molecule has 12 N–H and O–H groups in total. The van der Waals surface area contributed by atoms with Crippen molar-refractivity contribution in [2.24, 2.45) is 17.2 Å². The molecule has 1 heterocycles. The van der Waals surface area contributed by atoms with Crippen molar-refractivity contribution in [1.29, 1.82) is 0 Å². The third-order valence-corrected chi connectivity index (χ3v) is 4.67. The predicted molar refractivity (Wildman–Crippen MR) is 118 cm³/mol. The minimum absolute atomic E-state index is 0.221. The number of carboxylic acid groups (broad SMARTS) is 2. The molecular formula is C19H28N8O9. The summed E-state index contributed by atoms with van der Waals surface area (Å²) in [6.45, 7) is 0. The molecule has 17 heteroatoms. The molecule has 1 aromatic rings. The number of amides is 5. The first-order valence-corrected chi connectivity index (χ1v) is 10.4. The van der Waals surface area contributed by atoms with Crippen LogP contribution < -0.4 is 33.2 Å². The minimum atomic E-state index is -1.60. The maximum Gasteiger partial charge on any atom is 0.326 e. The lowest BCUT2D eigenvalue weighted by molar-refractivity contribution is -0.143. The Morgan fingerprint density at radius 3 is 1.92 bits per heavy atom. The zero-order chi connectivity index (χ0) is 27.4. The van der Waals surface area contributed by atoms with Gasteiger partial charge in [0, 0.05) is 24.7 Å². The van der Waals surface area contributed by atoms with Crippen molar-refractivity contribution in [1.82, 2.24) is 25.9 Å². The van der Waals surface area contributed by atoms with Crippen LogP contribution in [0.4, 0.5) is 0 Å². The van der Waals surface area contributed by atoms with Gasteiger partial charge in [0.1, 0.15) is 18.1 Å². The Balaban J connectivity index is 3.08. The third kappa shape index (κ3) is 10.6. The number of carboxylic acids is 2. The molecule has 17 nitrogen and oxygen atoms in total. The predicted octanol–water partition coefficient (Wildman–Crippen LogP) is -4.57. The lowest BCUT2D eigenvalue weighted by Crippen LogP contribution is -2.58. The average molecular weight is 512 g/mol. The molecule has 0 bridgehead atoms. The topological polar surface area (TPSA) is 303 Å². The third-order valence-electron chi connectivity index (χ3n) is 4.67. The van der Waals surface area contributed by atoms with Crippen LogP contribution in [-0.4, -0.2) is 85.8 Å². The van der Waals surface area contributed by atoms with Crippen LogP contribution in [0.1, 0.15) is 31.4 Å². The second-order valence-electron chi connectivity index (χ2n) is 7.68. The van der Waals surface area contributed by atoms with E-state index in [1.165, 1.54) is 12.5 Å². The zero-order valence-corrected chi connectivity index (χ0v) is 18.9. The molecule has 198 valence electrons. The number of imidazole rings is 1. The second-order valence-corrected chi connectivity index (χ2v) is 7.68. The van der Waals surface area contributed by atoms with Crippen molar-refractivity contribution in [3.8, 4) is 0 Å². The minimum Gasteiger partial charge on any atom is -0.481 e. The lowest BCUT2D eigenvalue weighted by Gasteiger charge is -2.24. The fourth-order valence-electron chi connectivity index (χ4n) is 2.89. The Morgan fingerprint density at radius 2 is 1.42 bits per heavy atom. The van der Waals surface area contributed by atoms with Crippen molar-refractivity contribution < 1.29 is 43.8 Å². The highest BCUT2D eigenvalue weighted by Gasteiger charge is 2.32. The lowest BCUT2D eigenvalue weighted by atomic mass is 10.1. The highest BCUT2D eigenvalue weighted by atomic mass is 16.4. The number of aliphatic carboxylic acids is 2. The Morgan fingerprint density at radius 1 is 0.861 bits per heavy atom. The number of carbonyl (C=O) groups is 7. The normalized spacial score (nSPS) is 13.9. The van der Waals surface area contributed by atoms with Crippen LogP contribution in [-0.2, 0) is 40.0 Å². The molecule has 1 aromatic heterocycles. The molecular weight excluding hydrogens is 484 g/mol. The summed E-state index contributed by atoms with van der Waals surface area (Å²) in [5.74, 6) is -7.70. The number of primary amides is 2. The molecule has 0 aromatic carbocycles. The van der Waals surface area contributed by atoms with Crippen molar-refractivity contribution >= 4 is 41.5 Å². The number of hydrogen-bond donors (Lipinski definition) is 9. The first-order valence-electron chi connectivity index (χ1n) is 10.4. The zero-order valence-electron chi connectivity index (χ0n) is 18.9. The average Bonchev–Trinajstić information content (AvgIpc) is 3.27. The molecule has 0 radical (unpaired) electrons. The molecule has 0 aliphatic heterocycles. The number of carbonyl (C=O) groups excluding carboxylic acids is 5. The first kappa shape index (κ1) is 29.5. The molecule has 0 aliphatic rings. The van der Waals surface area contributed by atoms with E-state index in [0.717, 1.165) is 0 Å². The van der Waals surface area contributed by atoms with Crippen LogP contribution >= 0.6 is 0 Å². The largest absolute Gasteiger partial charge is 0.481 e. The smallest absolute Gasteiger partial charge is 0.326 e. The van der Waals surface area contributed by atoms with Gasteiger partial charge in [-0.2, -0.15) is 0 Å². The van der Waals surface area contributed by atoms with Crippen molar-refractivity contribution in [2.45, 2.75) is 56.3 Å². The fraction of sp³-hybridized carbons (Fsp3) is 0.474. The van der Waals surface area contributed by atoms with E-state index in [2.05, 4.69) is 25.9 Å². The number of aromatic amines is 1. The second kappa shape index (κ2) is 14.0. The van der Waals surface area contributed by atoms with E-state index in [-0.39, 0.29) is 6.42 Å². The van der Waals surface area contributed by atoms with E-state index in [9.17, 15) is 38.7 Å². The maximum atomic E-state index is 12.9. The van der Waals surface area contributed by atoms with Crippen molar-refractivity contribution in [2.75, 3.05) is 0 Å². The quantitative estimate of drug-likeness (QED) is 0.101. The molecule has 0 saturated carbocycles. The molecule has 0 spiro atoms.